The Morgan fingerprint density at radius 2 is 2.29 bits per heavy atom. The van der Waals surface area contributed by atoms with E-state index in [-0.39, 0.29) is 0 Å². The van der Waals surface area contributed by atoms with Crippen molar-refractivity contribution >= 4 is 20.5 Å². The summed E-state index contributed by atoms with van der Waals surface area (Å²) >= 11 is 1.60. The van der Waals surface area contributed by atoms with E-state index < -0.39 is 0 Å². The normalized spacial score (nSPS) is 6.29. The Morgan fingerprint density at radius 3 is 2.43 bits per heavy atom. The summed E-state index contributed by atoms with van der Waals surface area (Å²) in [6.45, 7) is 0. The zero-order valence-electron chi connectivity index (χ0n) is 3.50. The van der Waals surface area contributed by atoms with Crippen LogP contribution in [0.25, 0.3) is 0 Å². The first-order valence-corrected chi connectivity index (χ1v) is 2.88. The fourth-order valence-electron chi connectivity index (χ4n) is 0.176. The van der Waals surface area contributed by atoms with Crippen molar-refractivity contribution in [1.29, 1.82) is 0 Å². The lowest BCUT2D eigenvalue weighted by molar-refractivity contribution is 0.607. The standard InChI is InChI=1S/C3H3NS.HOP/c1-2-5-3-4-1;1-2/h1-3H;2H. The van der Waals surface area contributed by atoms with Gasteiger partial charge in [0.1, 0.15) is 9.12 Å². The Balaban J connectivity index is 0.000000162. The molecule has 0 saturated carbocycles. The lowest BCUT2D eigenvalue weighted by atomic mass is 11.0. The summed E-state index contributed by atoms with van der Waals surface area (Å²) in [4.78, 5) is 3.74. The van der Waals surface area contributed by atoms with E-state index >= 15 is 0 Å². The zero-order valence-corrected chi connectivity index (χ0v) is 5.31. The van der Waals surface area contributed by atoms with E-state index in [2.05, 4.69) is 4.98 Å². The third-order valence-electron chi connectivity index (χ3n) is 0.347. The Morgan fingerprint density at radius 1 is 1.57 bits per heavy atom. The van der Waals surface area contributed by atoms with Crippen LogP contribution in [0.4, 0.5) is 0 Å². The van der Waals surface area contributed by atoms with Crippen LogP contribution < -0.4 is 0 Å². The van der Waals surface area contributed by atoms with Crippen LogP contribution in [0.5, 0.6) is 0 Å². The zero-order chi connectivity index (χ0) is 5.54. The molecule has 1 aromatic heterocycles. The monoisotopic (exact) mass is 133 g/mol. The predicted octanol–water partition coefficient (Wildman–Crippen LogP) is 1.62. The summed E-state index contributed by atoms with van der Waals surface area (Å²) in [5, 5.41) is 1.93. The van der Waals surface area contributed by atoms with Gasteiger partial charge in [-0.2, -0.15) is 0 Å². The highest BCUT2D eigenvalue weighted by molar-refractivity contribution is 7.07. The van der Waals surface area contributed by atoms with Crippen molar-refractivity contribution in [3.8, 4) is 0 Å². The number of rotatable bonds is 0. The quantitative estimate of drug-likeness (QED) is 0.503. The number of aromatic nitrogens is 1. The van der Waals surface area contributed by atoms with E-state index in [1.807, 2.05) is 5.38 Å². The molecule has 0 atom stereocenters. The molecule has 38 valence electrons. The molecule has 1 heterocycles. The van der Waals surface area contributed by atoms with Crippen molar-refractivity contribution < 1.29 is 4.57 Å². The number of hydrogen-bond acceptors (Lipinski definition) is 3. The van der Waals surface area contributed by atoms with Crippen molar-refractivity contribution in [2.45, 2.75) is 0 Å². The van der Waals surface area contributed by atoms with Crippen molar-refractivity contribution in [2.24, 2.45) is 0 Å². The van der Waals surface area contributed by atoms with Crippen LogP contribution in [0.2, 0.25) is 0 Å². The van der Waals surface area contributed by atoms with Gasteiger partial charge in [-0.25, -0.2) is 0 Å². The molecule has 1 aromatic rings. The van der Waals surface area contributed by atoms with Crippen LogP contribution in [-0.2, 0) is 4.57 Å². The average molecular weight is 133 g/mol. The minimum absolute atomic E-state index is 1.60. The summed E-state index contributed by atoms with van der Waals surface area (Å²) in [5.74, 6) is 0. The predicted molar refractivity (Wildman–Crippen MR) is 31.1 cm³/mol. The molecule has 0 unspecified atom stereocenters. The molecule has 1 rings (SSSR count). The topological polar surface area (TPSA) is 30.0 Å². The second kappa shape index (κ2) is 5.73. The summed E-state index contributed by atoms with van der Waals surface area (Å²) in [6, 6.07) is 0. The molecule has 2 nitrogen and oxygen atoms in total. The highest BCUT2D eigenvalue weighted by Crippen LogP contribution is 1.85. The Bertz CT molecular complexity index is 81.8. The third kappa shape index (κ3) is 3.56. The van der Waals surface area contributed by atoms with Gasteiger partial charge in [0.25, 0.3) is 0 Å². The maximum Gasteiger partial charge on any atom is 0.138 e. The van der Waals surface area contributed by atoms with Crippen molar-refractivity contribution in [2.75, 3.05) is 0 Å². The second-order valence-corrected chi connectivity index (χ2v) is 1.43. The SMILES string of the molecule is O=P.c1cscn1. The lowest BCUT2D eigenvalue weighted by Crippen LogP contribution is -1.38. The van der Waals surface area contributed by atoms with Gasteiger partial charge in [0.15, 0.2) is 0 Å². The van der Waals surface area contributed by atoms with Crippen LogP contribution in [0.15, 0.2) is 17.1 Å². The van der Waals surface area contributed by atoms with E-state index in [1.165, 1.54) is 0 Å². The third-order valence-corrected chi connectivity index (χ3v) is 0.869. The molecule has 0 bridgehead atoms. The average Bonchev–Trinajstić information content (AvgIpc) is 2.23. The molecular formula is C3H4NOPS. The number of nitrogens with zero attached hydrogens (tertiary/aromatic N) is 1. The van der Waals surface area contributed by atoms with E-state index in [4.69, 9.17) is 4.57 Å². The highest BCUT2D eigenvalue weighted by Gasteiger charge is 1.59. The maximum absolute atomic E-state index is 8.06. The Hall–Kier alpha value is -0.270. The second-order valence-electron chi connectivity index (χ2n) is 0.676. The molecule has 0 aromatic carbocycles. The summed E-state index contributed by atoms with van der Waals surface area (Å²) in [7, 11) is 1.72. The van der Waals surface area contributed by atoms with Gasteiger partial charge >= 0.3 is 0 Å². The molecule has 7 heavy (non-hydrogen) atoms. The van der Waals surface area contributed by atoms with Gasteiger partial charge in [-0.15, -0.1) is 11.3 Å². The molecule has 0 radical (unpaired) electrons. The van der Waals surface area contributed by atoms with E-state index in [1.54, 1.807) is 32.2 Å². The van der Waals surface area contributed by atoms with E-state index in [0.717, 1.165) is 0 Å². The van der Waals surface area contributed by atoms with Crippen LogP contribution in [0.1, 0.15) is 0 Å². The van der Waals surface area contributed by atoms with Crippen LogP contribution in [0.3, 0.4) is 0 Å². The van der Waals surface area contributed by atoms with Crippen LogP contribution >= 0.6 is 20.5 Å². The largest absolute Gasteiger partial charge is 0.279 e. The van der Waals surface area contributed by atoms with E-state index in [0.29, 0.717) is 0 Å². The van der Waals surface area contributed by atoms with Gasteiger partial charge in [0.2, 0.25) is 0 Å². The molecule has 0 aliphatic heterocycles. The minimum atomic E-state index is 1.60. The first-order chi connectivity index (χ1) is 3.50. The molecule has 0 fully saturated rings. The van der Waals surface area contributed by atoms with Gasteiger partial charge in [-0.3, -0.25) is 9.55 Å². The summed E-state index contributed by atoms with van der Waals surface area (Å²) in [6.07, 6.45) is 1.77. The van der Waals surface area contributed by atoms with Gasteiger partial charge in [-0.1, -0.05) is 0 Å². The van der Waals surface area contributed by atoms with Gasteiger partial charge in [-0.05, 0) is 0 Å². The molecule has 0 amide bonds. The van der Waals surface area contributed by atoms with Gasteiger partial charge < -0.3 is 0 Å². The smallest absolute Gasteiger partial charge is 0.138 e. The molecule has 4 heteroatoms. The van der Waals surface area contributed by atoms with Gasteiger partial charge in [0.05, 0.1) is 5.51 Å². The molecule has 0 saturated heterocycles. The number of thiazole rings is 1. The molecule has 0 N–H and O–H groups in total. The molecular weight excluding hydrogens is 129 g/mol. The Labute approximate surface area is 47.8 Å². The maximum atomic E-state index is 8.06. The van der Waals surface area contributed by atoms with Crippen molar-refractivity contribution in [3.63, 3.8) is 0 Å². The van der Waals surface area contributed by atoms with Crippen molar-refractivity contribution in [1.82, 2.24) is 4.98 Å². The first kappa shape index (κ1) is 6.73. The number of hydrogen-bond donors (Lipinski definition) is 0. The summed E-state index contributed by atoms with van der Waals surface area (Å²) in [5.41, 5.74) is 1.79. The fourth-order valence-corrected chi connectivity index (χ4v) is 0.527. The minimum Gasteiger partial charge on any atom is -0.279 e. The molecule has 0 spiro atoms. The van der Waals surface area contributed by atoms with Crippen LogP contribution in [-0.4, -0.2) is 4.98 Å². The molecule has 0 aliphatic rings. The lowest BCUT2D eigenvalue weighted by Gasteiger charge is -1.41. The molecule has 0 aliphatic carbocycles. The van der Waals surface area contributed by atoms with Gasteiger partial charge in [0, 0.05) is 11.6 Å². The highest BCUT2D eigenvalue weighted by atomic mass is 32.1. The van der Waals surface area contributed by atoms with Crippen molar-refractivity contribution in [3.05, 3.63) is 17.1 Å². The Kier molecular flexibility index (Phi) is 5.51. The van der Waals surface area contributed by atoms with E-state index in [9.17, 15) is 0 Å². The van der Waals surface area contributed by atoms with Crippen LogP contribution in [0, 0.1) is 0 Å². The fraction of sp³-hybridized carbons (Fsp3) is 0. The first-order valence-electron chi connectivity index (χ1n) is 1.53. The summed E-state index contributed by atoms with van der Waals surface area (Å²) < 4.78 is 8.06.